The van der Waals surface area contributed by atoms with Gasteiger partial charge < -0.3 is 14.5 Å². The minimum Gasteiger partial charge on any atom is -0.365 e. The molecule has 2 rings (SSSR count). The Kier molecular flexibility index (Phi) is 6.29. The first kappa shape index (κ1) is 18.4. The molecule has 10 heteroatoms. The SMILES string of the molecule is O=C(COCC(F)(F)C(F)F)N1CCCN(c2ncccn2)CC1. The summed E-state index contributed by atoms with van der Waals surface area (Å²) in [5.41, 5.74) is 0. The lowest BCUT2D eigenvalue weighted by molar-refractivity contribution is -0.170. The van der Waals surface area contributed by atoms with E-state index in [2.05, 4.69) is 14.7 Å². The fourth-order valence-corrected chi connectivity index (χ4v) is 2.25. The van der Waals surface area contributed by atoms with Gasteiger partial charge in [0.15, 0.2) is 0 Å². The molecule has 0 N–H and O–H groups in total. The first-order valence-electron chi connectivity index (χ1n) is 7.43. The number of alkyl halides is 4. The predicted octanol–water partition coefficient (Wildman–Crippen LogP) is 1.43. The summed E-state index contributed by atoms with van der Waals surface area (Å²) in [6, 6.07) is 1.70. The molecule has 0 unspecified atom stereocenters. The van der Waals surface area contributed by atoms with E-state index < -0.39 is 31.5 Å². The standard InChI is InChI=1S/C14H18F4N4O2/c15-12(16)14(17,18)10-24-9-11(23)21-5-2-6-22(8-7-21)13-19-3-1-4-20-13/h1,3-4,12H,2,5-10H2. The van der Waals surface area contributed by atoms with Crippen molar-refractivity contribution in [1.29, 1.82) is 0 Å². The first-order chi connectivity index (χ1) is 11.4. The van der Waals surface area contributed by atoms with E-state index in [-0.39, 0.29) is 0 Å². The Morgan fingerprint density at radius 1 is 1.21 bits per heavy atom. The number of anilines is 1. The zero-order chi connectivity index (χ0) is 17.6. The van der Waals surface area contributed by atoms with Crippen LogP contribution in [0.15, 0.2) is 18.5 Å². The minimum atomic E-state index is -4.25. The van der Waals surface area contributed by atoms with Crippen molar-refractivity contribution in [2.24, 2.45) is 0 Å². The molecule has 0 atom stereocenters. The molecule has 0 saturated carbocycles. The molecule has 1 amide bonds. The first-order valence-corrected chi connectivity index (χ1v) is 7.43. The number of hydrogen-bond acceptors (Lipinski definition) is 5. The Morgan fingerprint density at radius 2 is 1.92 bits per heavy atom. The van der Waals surface area contributed by atoms with Crippen LogP contribution in [0.25, 0.3) is 0 Å². The second-order valence-corrected chi connectivity index (χ2v) is 5.32. The Morgan fingerprint density at radius 3 is 2.58 bits per heavy atom. The fourth-order valence-electron chi connectivity index (χ4n) is 2.25. The number of aromatic nitrogens is 2. The van der Waals surface area contributed by atoms with Gasteiger partial charge in [-0.3, -0.25) is 4.79 Å². The van der Waals surface area contributed by atoms with Crippen molar-refractivity contribution < 1.29 is 27.1 Å². The Labute approximate surface area is 136 Å². The lowest BCUT2D eigenvalue weighted by atomic mass is 10.3. The van der Waals surface area contributed by atoms with Crippen molar-refractivity contribution in [1.82, 2.24) is 14.9 Å². The van der Waals surface area contributed by atoms with Crippen LogP contribution in [0.3, 0.4) is 0 Å². The molecule has 134 valence electrons. The summed E-state index contributed by atoms with van der Waals surface area (Å²) in [4.78, 5) is 23.6. The summed E-state index contributed by atoms with van der Waals surface area (Å²) in [6.45, 7) is -0.206. The van der Waals surface area contributed by atoms with Gasteiger partial charge in [-0.15, -0.1) is 0 Å². The third-order valence-electron chi connectivity index (χ3n) is 3.52. The minimum absolute atomic E-state index is 0.353. The highest BCUT2D eigenvalue weighted by molar-refractivity contribution is 5.77. The van der Waals surface area contributed by atoms with Crippen LogP contribution in [0.2, 0.25) is 0 Å². The van der Waals surface area contributed by atoms with Crippen LogP contribution in [0.5, 0.6) is 0 Å². The van der Waals surface area contributed by atoms with Crippen LogP contribution in [0.1, 0.15) is 6.42 Å². The van der Waals surface area contributed by atoms with E-state index >= 15 is 0 Å². The molecule has 6 nitrogen and oxygen atoms in total. The van der Waals surface area contributed by atoms with Gasteiger partial charge in [0.05, 0.1) is 0 Å². The molecule has 1 aliphatic heterocycles. The molecule has 0 bridgehead atoms. The van der Waals surface area contributed by atoms with Crippen LogP contribution in [-0.2, 0) is 9.53 Å². The smallest absolute Gasteiger partial charge is 0.330 e. The lowest BCUT2D eigenvalue weighted by Crippen LogP contribution is -2.39. The van der Waals surface area contributed by atoms with Gasteiger partial charge in [-0.2, -0.15) is 8.78 Å². The van der Waals surface area contributed by atoms with Gasteiger partial charge in [-0.1, -0.05) is 0 Å². The summed E-state index contributed by atoms with van der Waals surface area (Å²) in [7, 11) is 0. The maximum atomic E-state index is 12.7. The summed E-state index contributed by atoms with van der Waals surface area (Å²) >= 11 is 0. The number of rotatable bonds is 6. The van der Waals surface area contributed by atoms with Crippen molar-refractivity contribution in [2.75, 3.05) is 44.3 Å². The molecule has 1 aliphatic rings. The molecule has 1 saturated heterocycles. The van der Waals surface area contributed by atoms with Gasteiger partial charge in [0.2, 0.25) is 11.9 Å². The predicted molar refractivity (Wildman–Crippen MR) is 77.2 cm³/mol. The monoisotopic (exact) mass is 350 g/mol. The van der Waals surface area contributed by atoms with Gasteiger partial charge in [0, 0.05) is 38.6 Å². The maximum Gasteiger partial charge on any atom is 0.330 e. The van der Waals surface area contributed by atoms with Crippen LogP contribution < -0.4 is 4.90 Å². The van der Waals surface area contributed by atoms with Crippen LogP contribution in [0, 0.1) is 0 Å². The van der Waals surface area contributed by atoms with E-state index in [0.29, 0.717) is 38.5 Å². The second-order valence-electron chi connectivity index (χ2n) is 5.32. The van der Waals surface area contributed by atoms with Crippen molar-refractivity contribution in [2.45, 2.75) is 18.8 Å². The molecule has 24 heavy (non-hydrogen) atoms. The summed E-state index contributed by atoms with van der Waals surface area (Å²) in [5, 5.41) is 0. The molecule has 2 heterocycles. The van der Waals surface area contributed by atoms with E-state index in [1.807, 2.05) is 4.90 Å². The van der Waals surface area contributed by atoms with E-state index in [0.717, 1.165) is 0 Å². The van der Waals surface area contributed by atoms with Crippen LogP contribution in [0.4, 0.5) is 23.5 Å². The van der Waals surface area contributed by atoms with Crippen molar-refractivity contribution in [3.63, 3.8) is 0 Å². The Hall–Kier alpha value is -1.97. The Bertz CT molecular complexity index is 533. The zero-order valence-electron chi connectivity index (χ0n) is 12.9. The molecule has 0 spiro atoms. The van der Waals surface area contributed by atoms with Crippen molar-refractivity contribution in [3.8, 4) is 0 Å². The average molecular weight is 350 g/mol. The van der Waals surface area contributed by atoms with Gasteiger partial charge in [0.25, 0.3) is 0 Å². The quantitative estimate of drug-likeness (QED) is 0.727. The normalized spacial score (nSPS) is 16.4. The highest BCUT2D eigenvalue weighted by atomic mass is 19.3. The van der Waals surface area contributed by atoms with E-state index in [4.69, 9.17) is 0 Å². The topological polar surface area (TPSA) is 58.6 Å². The number of amides is 1. The molecule has 0 radical (unpaired) electrons. The number of nitrogens with zero attached hydrogens (tertiary/aromatic N) is 4. The van der Waals surface area contributed by atoms with Gasteiger partial charge in [-0.05, 0) is 12.5 Å². The van der Waals surface area contributed by atoms with Crippen LogP contribution >= 0.6 is 0 Å². The van der Waals surface area contributed by atoms with Crippen molar-refractivity contribution >= 4 is 11.9 Å². The number of halogens is 4. The maximum absolute atomic E-state index is 12.7. The van der Waals surface area contributed by atoms with Gasteiger partial charge in [-0.25, -0.2) is 18.7 Å². The van der Waals surface area contributed by atoms with Gasteiger partial charge >= 0.3 is 12.3 Å². The third kappa shape index (κ3) is 5.02. The number of carbonyl (C=O) groups excluding carboxylic acids is 1. The highest BCUT2D eigenvalue weighted by Gasteiger charge is 2.41. The zero-order valence-corrected chi connectivity index (χ0v) is 12.9. The molecule has 1 aromatic heterocycles. The third-order valence-corrected chi connectivity index (χ3v) is 3.52. The average Bonchev–Trinajstić information content (AvgIpc) is 2.81. The molecule has 1 fully saturated rings. The van der Waals surface area contributed by atoms with Crippen LogP contribution in [-0.4, -0.2) is 72.5 Å². The highest BCUT2D eigenvalue weighted by Crippen LogP contribution is 2.22. The summed E-state index contributed by atoms with van der Waals surface area (Å²) in [5.74, 6) is -4.20. The summed E-state index contributed by atoms with van der Waals surface area (Å²) < 4.78 is 53.9. The molecular formula is C14H18F4N4O2. The van der Waals surface area contributed by atoms with Gasteiger partial charge in [0.1, 0.15) is 13.2 Å². The molecule has 0 aliphatic carbocycles. The van der Waals surface area contributed by atoms with Crippen molar-refractivity contribution in [3.05, 3.63) is 18.5 Å². The molecule has 1 aromatic rings. The second kappa shape index (κ2) is 8.22. The number of hydrogen-bond donors (Lipinski definition) is 0. The number of carbonyl (C=O) groups is 1. The lowest BCUT2D eigenvalue weighted by Gasteiger charge is -2.22. The largest absolute Gasteiger partial charge is 0.365 e. The van der Waals surface area contributed by atoms with E-state index in [1.54, 1.807) is 18.5 Å². The fraction of sp³-hybridized carbons (Fsp3) is 0.643. The Balaban J connectivity index is 1.80. The number of ether oxygens (including phenoxy) is 1. The van der Waals surface area contributed by atoms with E-state index in [9.17, 15) is 22.4 Å². The molecular weight excluding hydrogens is 332 g/mol. The summed E-state index contributed by atoms with van der Waals surface area (Å²) in [6.07, 6.45) is 0.0718. The van der Waals surface area contributed by atoms with E-state index in [1.165, 1.54) is 4.90 Å². The molecule has 0 aromatic carbocycles.